The Morgan fingerprint density at radius 3 is 2.27 bits per heavy atom. The van der Waals surface area contributed by atoms with E-state index >= 15 is 0 Å². The van der Waals surface area contributed by atoms with Crippen molar-refractivity contribution in [2.45, 2.75) is 51.6 Å². The number of hydrogen-bond acceptors (Lipinski definition) is 5. The van der Waals surface area contributed by atoms with Crippen molar-refractivity contribution in [3.63, 3.8) is 0 Å². The molecule has 40 heavy (non-hydrogen) atoms. The lowest BCUT2D eigenvalue weighted by Gasteiger charge is -2.32. The first-order valence-corrected chi connectivity index (χ1v) is 14.9. The van der Waals surface area contributed by atoms with Crippen LogP contribution in [0.5, 0.6) is 5.75 Å². The molecule has 0 aliphatic carbocycles. The minimum absolute atomic E-state index is 0.0165. The van der Waals surface area contributed by atoms with Gasteiger partial charge in [-0.05, 0) is 68.7 Å². The van der Waals surface area contributed by atoms with E-state index in [1.165, 1.54) is 24.1 Å². The van der Waals surface area contributed by atoms with Crippen LogP contribution in [0.3, 0.4) is 0 Å². The number of ether oxygens (including phenoxy) is 1. The minimum atomic E-state index is -4.21. The summed E-state index contributed by atoms with van der Waals surface area (Å²) in [7, 11) is -2.77. The number of amides is 2. The third-order valence-corrected chi connectivity index (χ3v) is 8.65. The van der Waals surface area contributed by atoms with Crippen LogP contribution in [0.1, 0.15) is 37.0 Å². The molecule has 0 heterocycles. The summed E-state index contributed by atoms with van der Waals surface area (Å²) < 4.78 is 34.6. The number of carbonyl (C=O) groups is 2. The van der Waals surface area contributed by atoms with E-state index in [0.717, 1.165) is 21.9 Å². The Labute approximate surface area is 241 Å². The number of nitrogens with zero attached hydrogens (tertiary/aromatic N) is 2. The highest BCUT2D eigenvalue weighted by atomic mass is 35.5. The van der Waals surface area contributed by atoms with E-state index in [1.54, 1.807) is 61.5 Å². The van der Waals surface area contributed by atoms with E-state index in [1.807, 2.05) is 20.8 Å². The molecule has 8 nitrogen and oxygen atoms in total. The summed E-state index contributed by atoms with van der Waals surface area (Å²) in [5.41, 5.74) is 2.53. The lowest BCUT2D eigenvalue weighted by atomic mass is 10.1. The predicted molar refractivity (Wildman–Crippen MR) is 158 cm³/mol. The quantitative estimate of drug-likeness (QED) is 0.319. The first-order chi connectivity index (χ1) is 19.0. The fourth-order valence-electron chi connectivity index (χ4n) is 4.13. The Balaban J connectivity index is 2.10. The number of methoxy groups -OCH3 is 1. The Kier molecular flexibility index (Phi) is 10.6. The average molecular weight is 586 g/mol. The van der Waals surface area contributed by atoms with Crippen LogP contribution in [0.4, 0.5) is 5.69 Å². The van der Waals surface area contributed by atoms with Gasteiger partial charge in [-0.1, -0.05) is 60.5 Å². The van der Waals surface area contributed by atoms with Crippen LogP contribution in [0, 0.1) is 13.8 Å². The van der Waals surface area contributed by atoms with Gasteiger partial charge >= 0.3 is 0 Å². The highest BCUT2D eigenvalue weighted by molar-refractivity contribution is 7.92. The van der Waals surface area contributed by atoms with Crippen molar-refractivity contribution in [1.29, 1.82) is 0 Å². The summed E-state index contributed by atoms with van der Waals surface area (Å²) in [5.74, 6) is -0.623. The number of carbonyl (C=O) groups excluding carboxylic acids is 2. The summed E-state index contributed by atoms with van der Waals surface area (Å²) >= 11 is 6.40. The summed E-state index contributed by atoms with van der Waals surface area (Å²) in [4.78, 5) is 28.4. The van der Waals surface area contributed by atoms with Crippen LogP contribution in [0.25, 0.3) is 0 Å². The molecule has 3 rings (SSSR count). The summed E-state index contributed by atoms with van der Waals surface area (Å²) in [6.45, 7) is 7.14. The zero-order chi connectivity index (χ0) is 29.4. The molecule has 214 valence electrons. The van der Waals surface area contributed by atoms with Gasteiger partial charge in [0.1, 0.15) is 18.3 Å². The van der Waals surface area contributed by atoms with E-state index in [9.17, 15) is 18.0 Å². The molecule has 0 aliphatic heterocycles. The molecular weight excluding hydrogens is 550 g/mol. The van der Waals surface area contributed by atoms with Gasteiger partial charge in [0, 0.05) is 18.1 Å². The molecule has 1 atom stereocenters. The zero-order valence-corrected chi connectivity index (χ0v) is 25.1. The molecule has 3 aromatic rings. The minimum Gasteiger partial charge on any atom is -0.495 e. The van der Waals surface area contributed by atoms with Crippen LogP contribution < -0.4 is 14.4 Å². The van der Waals surface area contributed by atoms with Gasteiger partial charge in [0.05, 0.1) is 17.7 Å². The van der Waals surface area contributed by atoms with Crippen molar-refractivity contribution in [1.82, 2.24) is 10.2 Å². The number of hydrogen-bond donors (Lipinski definition) is 1. The Hall–Kier alpha value is -3.56. The maximum atomic E-state index is 14.0. The van der Waals surface area contributed by atoms with E-state index in [0.29, 0.717) is 22.9 Å². The molecule has 1 unspecified atom stereocenters. The first kappa shape index (κ1) is 31.0. The highest BCUT2D eigenvalue weighted by Gasteiger charge is 2.34. The number of halogens is 1. The maximum Gasteiger partial charge on any atom is 0.264 e. The second-order valence-electron chi connectivity index (χ2n) is 9.58. The van der Waals surface area contributed by atoms with Crippen molar-refractivity contribution >= 4 is 39.1 Å². The fraction of sp³-hybridized carbons (Fsp3) is 0.333. The van der Waals surface area contributed by atoms with Gasteiger partial charge in [0.15, 0.2) is 0 Å². The molecule has 0 aliphatic rings. The molecule has 0 aromatic heterocycles. The van der Waals surface area contributed by atoms with Crippen molar-refractivity contribution in [2.75, 3.05) is 24.5 Å². The Bertz CT molecular complexity index is 1440. The normalized spacial score (nSPS) is 11.9. The summed E-state index contributed by atoms with van der Waals surface area (Å²) in [6.07, 6.45) is 0.729. The van der Waals surface area contributed by atoms with Crippen molar-refractivity contribution in [2.24, 2.45) is 0 Å². The number of rotatable bonds is 12. The summed E-state index contributed by atoms with van der Waals surface area (Å²) in [5, 5.41) is 3.26. The van der Waals surface area contributed by atoms with Gasteiger partial charge in [-0.3, -0.25) is 13.9 Å². The van der Waals surface area contributed by atoms with E-state index in [-0.39, 0.29) is 23.0 Å². The number of benzene rings is 3. The van der Waals surface area contributed by atoms with Crippen LogP contribution in [0.2, 0.25) is 5.02 Å². The van der Waals surface area contributed by atoms with Crippen molar-refractivity contribution in [3.05, 3.63) is 88.4 Å². The largest absolute Gasteiger partial charge is 0.495 e. The molecule has 0 fully saturated rings. The molecule has 0 saturated carbocycles. The average Bonchev–Trinajstić information content (AvgIpc) is 2.93. The Morgan fingerprint density at radius 2 is 1.65 bits per heavy atom. The topological polar surface area (TPSA) is 96.0 Å². The van der Waals surface area contributed by atoms with E-state index in [4.69, 9.17) is 16.3 Å². The number of nitrogens with one attached hydrogen (secondary N) is 1. The highest BCUT2D eigenvalue weighted by Crippen LogP contribution is 2.34. The molecule has 0 bridgehead atoms. The molecule has 3 aromatic carbocycles. The van der Waals surface area contributed by atoms with Gasteiger partial charge in [-0.15, -0.1) is 0 Å². The molecule has 1 N–H and O–H groups in total. The van der Waals surface area contributed by atoms with Crippen molar-refractivity contribution < 1.29 is 22.7 Å². The van der Waals surface area contributed by atoms with Gasteiger partial charge in [-0.25, -0.2) is 8.42 Å². The SMILES string of the molecule is CCCNC(=O)C(C)N(Cc1ccccc1Cl)C(=O)CN(c1cc(C)ccc1OC)S(=O)(=O)c1ccc(C)cc1. The van der Waals surface area contributed by atoms with Crippen molar-refractivity contribution in [3.8, 4) is 5.75 Å². The van der Waals surface area contributed by atoms with E-state index < -0.39 is 28.5 Å². The van der Waals surface area contributed by atoms with Crippen LogP contribution >= 0.6 is 11.6 Å². The third kappa shape index (κ3) is 7.34. The van der Waals surface area contributed by atoms with Gasteiger partial charge < -0.3 is 15.0 Å². The lowest BCUT2D eigenvalue weighted by molar-refractivity contribution is -0.139. The molecule has 0 radical (unpaired) electrons. The fourth-order valence-corrected chi connectivity index (χ4v) is 5.75. The Morgan fingerprint density at radius 1 is 1.00 bits per heavy atom. The molecule has 2 amide bonds. The van der Waals surface area contributed by atoms with E-state index in [2.05, 4.69) is 5.32 Å². The second kappa shape index (κ2) is 13.7. The van der Waals surface area contributed by atoms with Gasteiger partial charge in [0.25, 0.3) is 10.0 Å². The third-order valence-electron chi connectivity index (χ3n) is 6.51. The predicted octanol–water partition coefficient (Wildman–Crippen LogP) is 5.10. The first-order valence-electron chi connectivity index (χ1n) is 13.0. The lowest BCUT2D eigenvalue weighted by Crippen LogP contribution is -2.51. The smallest absolute Gasteiger partial charge is 0.264 e. The number of anilines is 1. The van der Waals surface area contributed by atoms with Crippen LogP contribution in [-0.2, 0) is 26.2 Å². The molecule has 10 heteroatoms. The van der Waals surface area contributed by atoms with Gasteiger partial charge in [0.2, 0.25) is 11.8 Å². The summed E-state index contributed by atoms with van der Waals surface area (Å²) in [6, 6.07) is 17.7. The number of aryl methyl sites for hydroxylation is 2. The molecule has 0 spiro atoms. The monoisotopic (exact) mass is 585 g/mol. The zero-order valence-electron chi connectivity index (χ0n) is 23.5. The van der Waals surface area contributed by atoms with Crippen LogP contribution in [0.15, 0.2) is 71.6 Å². The maximum absolute atomic E-state index is 14.0. The molecular formula is C30H36ClN3O5S. The standard InChI is InChI=1S/C30H36ClN3O5S/c1-6-17-32-30(36)23(4)33(19-24-9-7-8-10-26(24)31)29(35)20-34(27-18-22(3)13-16-28(27)39-5)40(37,38)25-14-11-21(2)12-15-25/h7-16,18,23H,6,17,19-20H2,1-5H3,(H,32,36). The van der Waals surface area contributed by atoms with Crippen LogP contribution in [-0.4, -0.2) is 51.4 Å². The second-order valence-corrected chi connectivity index (χ2v) is 11.8. The van der Waals surface area contributed by atoms with Gasteiger partial charge in [-0.2, -0.15) is 0 Å². The number of sulfonamides is 1. The molecule has 0 saturated heterocycles.